The zero-order chi connectivity index (χ0) is 26.5. The lowest BCUT2D eigenvalue weighted by Crippen LogP contribution is -2.58. The van der Waals surface area contributed by atoms with E-state index < -0.39 is 53.8 Å². The molecule has 0 heterocycles. The molecule has 0 aliphatic heterocycles. The van der Waals surface area contributed by atoms with Crippen molar-refractivity contribution in [2.75, 3.05) is 5.75 Å². The van der Waals surface area contributed by atoms with Gasteiger partial charge in [-0.3, -0.25) is 19.2 Å². The molecule has 35 heavy (non-hydrogen) atoms. The van der Waals surface area contributed by atoms with Crippen molar-refractivity contribution in [3.05, 3.63) is 35.9 Å². The summed E-state index contributed by atoms with van der Waals surface area (Å²) in [5, 5.41) is 16.7. The van der Waals surface area contributed by atoms with Crippen LogP contribution in [-0.2, 0) is 30.4 Å². The first-order valence-electron chi connectivity index (χ1n) is 11.3. The molecule has 12 heteroatoms. The Morgan fingerprint density at radius 3 is 1.97 bits per heavy atom. The Balaban J connectivity index is 2.83. The molecule has 0 saturated heterocycles. The number of amides is 4. The van der Waals surface area contributed by atoms with Crippen molar-refractivity contribution in [1.82, 2.24) is 16.0 Å². The second-order valence-electron chi connectivity index (χ2n) is 8.64. The van der Waals surface area contributed by atoms with Crippen LogP contribution in [0.4, 0.5) is 0 Å². The van der Waals surface area contributed by atoms with Crippen molar-refractivity contribution in [2.24, 2.45) is 17.4 Å². The van der Waals surface area contributed by atoms with Crippen LogP contribution < -0.4 is 27.4 Å². The largest absolute Gasteiger partial charge is 0.480 e. The number of primary amides is 1. The molecule has 8 N–H and O–H groups in total. The highest BCUT2D eigenvalue weighted by Gasteiger charge is 2.30. The van der Waals surface area contributed by atoms with Crippen LogP contribution in [0.5, 0.6) is 0 Å². The van der Waals surface area contributed by atoms with Crippen LogP contribution in [0.25, 0.3) is 0 Å². The number of nitrogens with two attached hydrogens (primary N) is 2. The number of carbonyl (C=O) groups is 5. The van der Waals surface area contributed by atoms with Crippen molar-refractivity contribution in [3.63, 3.8) is 0 Å². The molecule has 0 bridgehead atoms. The fraction of sp³-hybridized carbons (Fsp3) is 0.522. The smallest absolute Gasteiger partial charge is 0.326 e. The molecule has 194 valence electrons. The minimum absolute atomic E-state index is 0.0323. The summed E-state index contributed by atoms with van der Waals surface area (Å²) in [6.45, 7) is 3.74. The van der Waals surface area contributed by atoms with Crippen molar-refractivity contribution < 1.29 is 29.1 Å². The van der Waals surface area contributed by atoms with Gasteiger partial charge in [-0.1, -0.05) is 44.2 Å². The Bertz CT molecular complexity index is 882. The molecular formula is C23H35N5O6S. The number of benzene rings is 1. The van der Waals surface area contributed by atoms with Gasteiger partial charge in [0.1, 0.15) is 18.1 Å². The van der Waals surface area contributed by atoms with Crippen LogP contribution in [0, 0.1) is 5.92 Å². The Morgan fingerprint density at radius 2 is 1.46 bits per heavy atom. The van der Waals surface area contributed by atoms with Crippen molar-refractivity contribution >= 4 is 42.2 Å². The molecule has 1 aromatic rings. The van der Waals surface area contributed by atoms with Gasteiger partial charge in [0.2, 0.25) is 23.6 Å². The predicted octanol–water partition coefficient (Wildman–Crippen LogP) is -0.663. The minimum atomic E-state index is -1.36. The summed E-state index contributed by atoms with van der Waals surface area (Å²) >= 11 is 4.08. The van der Waals surface area contributed by atoms with Gasteiger partial charge >= 0.3 is 5.97 Å². The number of carboxylic acid groups (broad SMARTS) is 1. The van der Waals surface area contributed by atoms with Gasteiger partial charge in [-0.15, -0.1) is 0 Å². The average Bonchev–Trinajstić information content (AvgIpc) is 2.79. The lowest BCUT2D eigenvalue weighted by atomic mass is 10.0. The number of carboxylic acids is 1. The van der Waals surface area contributed by atoms with E-state index in [1.54, 1.807) is 0 Å². The zero-order valence-corrected chi connectivity index (χ0v) is 20.8. The van der Waals surface area contributed by atoms with E-state index in [-0.39, 0.29) is 37.4 Å². The second kappa shape index (κ2) is 15.0. The molecule has 0 aliphatic rings. The SMILES string of the molecule is CC(C)CC(NC(=O)C(N)Cc1ccccc1)C(=O)NC(CS)C(=O)NC(CCC(N)=O)C(=O)O. The molecule has 0 radical (unpaired) electrons. The summed E-state index contributed by atoms with van der Waals surface area (Å²) in [7, 11) is 0. The van der Waals surface area contributed by atoms with Gasteiger partial charge in [-0.25, -0.2) is 4.79 Å². The highest BCUT2D eigenvalue weighted by Crippen LogP contribution is 2.08. The third kappa shape index (κ3) is 11.2. The van der Waals surface area contributed by atoms with Gasteiger partial charge in [0, 0.05) is 12.2 Å². The van der Waals surface area contributed by atoms with Gasteiger partial charge in [0.05, 0.1) is 6.04 Å². The van der Waals surface area contributed by atoms with Crippen molar-refractivity contribution in [2.45, 2.75) is 63.7 Å². The standard InChI is InChI=1S/C23H35N5O6S/c1-13(2)10-17(27-20(30)15(24)11-14-6-4-3-5-7-14)21(31)28-18(12-35)22(32)26-16(23(33)34)8-9-19(25)29/h3-7,13,15-18,35H,8-12,24H2,1-2H3,(H2,25,29)(H,26,32)(H,27,30)(H,28,31)(H,33,34). The summed E-state index contributed by atoms with van der Waals surface area (Å²) < 4.78 is 0. The molecular weight excluding hydrogens is 474 g/mol. The maximum absolute atomic E-state index is 12.9. The highest BCUT2D eigenvalue weighted by atomic mass is 32.1. The van der Waals surface area contributed by atoms with E-state index in [1.807, 2.05) is 44.2 Å². The van der Waals surface area contributed by atoms with Crippen LogP contribution in [-0.4, -0.2) is 64.6 Å². The summed E-state index contributed by atoms with van der Waals surface area (Å²) in [5.41, 5.74) is 11.9. The fourth-order valence-electron chi connectivity index (χ4n) is 3.23. The van der Waals surface area contributed by atoms with E-state index >= 15 is 0 Å². The molecule has 4 amide bonds. The topological polar surface area (TPSA) is 194 Å². The maximum atomic E-state index is 12.9. The number of hydrogen-bond acceptors (Lipinski definition) is 7. The van der Waals surface area contributed by atoms with Gasteiger partial charge in [-0.05, 0) is 30.7 Å². The molecule has 0 saturated carbocycles. The lowest BCUT2D eigenvalue weighted by molar-refractivity contribution is -0.142. The molecule has 11 nitrogen and oxygen atoms in total. The van der Waals surface area contributed by atoms with Crippen molar-refractivity contribution in [3.8, 4) is 0 Å². The van der Waals surface area contributed by atoms with Gasteiger partial charge in [0.25, 0.3) is 0 Å². The summed E-state index contributed by atoms with van der Waals surface area (Å²) in [5.74, 6) is -4.08. The summed E-state index contributed by atoms with van der Waals surface area (Å²) in [6.07, 6.45) is 0.134. The van der Waals surface area contributed by atoms with E-state index in [2.05, 4.69) is 28.6 Å². The van der Waals surface area contributed by atoms with E-state index in [1.165, 1.54) is 0 Å². The monoisotopic (exact) mass is 509 g/mol. The van der Waals surface area contributed by atoms with Crippen LogP contribution in [0.3, 0.4) is 0 Å². The normalized spacial score (nSPS) is 14.3. The van der Waals surface area contributed by atoms with Gasteiger partial charge in [0.15, 0.2) is 0 Å². The van der Waals surface area contributed by atoms with Crippen molar-refractivity contribution in [1.29, 1.82) is 0 Å². The molecule has 0 aliphatic carbocycles. The maximum Gasteiger partial charge on any atom is 0.326 e. The van der Waals surface area contributed by atoms with Crippen LogP contribution in [0.1, 0.15) is 38.7 Å². The van der Waals surface area contributed by atoms with E-state index in [0.29, 0.717) is 0 Å². The molecule has 4 unspecified atom stereocenters. The number of nitrogens with one attached hydrogen (secondary N) is 3. The number of aliphatic carboxylic acids is 1. The molecule has 1 rings (SSSR count). The van der Waals surface area contributed by atoms with Gasteiger partial charge in [-0.2, -0.15) is 12.6 Å². The Hall–Kier alpha value is -3.12. The molecule has 1 aromatic carbocycles. The zero-order valence-electron chi connectivity index (χ0n) is 19.9. The number of hydrogen-bond donors (Lipinski definition) is 7. The third-order valence-corrected chi connectivity index (χ3v) is 5.45. The quantitative estimate of drug-likeness (QED) is 0.152. The lowest BCUT2D eigenvalue weighted by Gasteiger charge is -2.25. The minimum Gasteiger partial charge on any atom is -0.480 e. The third-order valence-electron chi connectivity index (χ3n) is 5.08. The molecule has 0 aromatic heterocycles. The van der Waals surface area contributed by atoms with E-state index in [4.69, 9.17) is 11.5 Å². The van der Waals surface area contributed by atoms with Crippen LogP contribution in [0.15, 0.2) is 30.3 Å². The highest BCUT2D eigenvalue weighted by molar-refractivity contribution is 7.80. The first kappa shape index (κ1) is 29.9. The van der Waals surface area contributed by atoms with E-state index in [0.717, 1.165) is 5.56 Å². The molecule has 0 fully saturated rings. The Morgan fingerprint density at radius 1 is 0.914 bits per heavy atom. The average molecular weight is 510 g/mol. The predicted molar refractivity (Wildman–Crippen MR) is 133 cm³/mol. The summed E-state index contributed by atoms with van der Waals surface area (Å²) in [6, 6.07) is 4.81. The van der Waals surface area contributed by atoms with E-state index in [9.17, 15) is 29.1 Å². The molecule has 4 atom stereocenters. The summed E-state index contributed by atoms with van der Waals surface area (Å²) in [4.78, 5) is 60.5. The fourth-order valence-corrected chi connectivity index (χ4v) is 3.48. The van der Waals surface area contributed by atoms with Crippen LogP contribution in [0.2, 0.25) is 0 Å². The molecule has 0 spiro atoms. The van der Waals surface area contributed by atoms with Gasteiger partial charge < -0.3 is 32.5 Å². The number of rotatable bonds is 15. The number of thiol groups is 1. The number of carbonyl (C=O) groups excluding carboxylic acids is 4. The Kier molecular flexibility index (Phi) is 12.8. The first-order chi connectivity index (χ1) is 16.4. The first-order valence-corrected chi connectivity index (χ1v) is 11.9. The second-order valence-corrected chi connectivity index (χ2v) is 9.00. The Labute approximate surface area is 210 Å². The van der Waals surface area contributed by atoms with Crippen LogP contribution >= 0.6 is 12.6 Å².